The largest absolute Gasteiger partial charge is 0.493 e. The maximum Gasteiger partial charge on any atom is 0.189 e. The summed E-state index contributed by atoms with van der Waals surface area (Å²) < 4.78 is 11.2. The molecule has 0 aliphatic rings. The van der Waals surface area contributed by atoms with Crippen molar-refractivity contribution in [1.82, 2.24) is 0 Å². The second kappa shape index (κ2) is 9.64. The lowest BCUT2D eigenvalue weighted by molar-refractivity contribution is -0.105. The zero-order valence-electron chi connectivity index (χ0n) is 13.3. The van der Waals surface area contributed by atoms with Crippen molar-refractivity contribution in [2.24, 2.45) is 5.92 Å². The lowest BCUT2D eigenvalue weighted by Crippen LogP contribution is -2.27. The average Bonchev–Trinajstić information content (AvgIpc) is 2.49. The highest BCUT2D eigenvalue weighted by molar-refractivity contribution is 5.31. The van der Waals surface area contributed by atoms with Gasteiger partial charge in [0, 0.05) is 0 Å². The van der Waals surface area contributed by atoms with E-state index in [0.717, 1.165) is 18.8 Å². The maximum atomic E-state index is 8.99. The van der Waals surface area contributed by atoms with Crippen LogP contribution in [-0.4, -0.2) is 29.2 Å². The molecule has 0 spiro atoms. The molecule has 0 radical (unpaired) electrons. The van der Waals surface area contributed by atoms with E-state index in [-0.39, 0.29) is 0 Å². The molecule has 0 fully saturated rings. The van der Waals surface area contributed by atoms with Gasteiger partial charge >= 0.3 is 0 Å². The lowest BCUT2D eigenvalue weighted by atomic mass is 10.0. The van der Waals surface area contributed by atoms with Crippen molar-refractivity contribution in [3.63, 3.8) is 0 Å². The number of aliphatic hydroxyl groups is 2. The van der Waals surface area contributed by atoms with Gasteiger partial charge in [-0.15, -0.1) is 0 Å². The SMILES string of the molecule is CCCCC(CC)COc1ccc(OC(C)C(O)O)cc1. The van der Waals surface area contributed by atoms with Crippen LogP contribution in [-0.2, 0) is 0 Å². The third-order valence-electron chi connectivity index (χ3n) is 3.59. The van der Waals surface area contributed by atoms with Crippen molar-refractivity contribution in [2.75, 3.05) is 6.61 Å². The summed E-state index contributed by atoms with van der Waals surface area (Å²) in [6.45, 7) is 6.75. The van der Waals surface area contributed by atoms with E-state index in [2.05, 4.69) is 13.8 Å². The molecule has 2 atom stereocenters. The molecule has 0 bridgehead atoms. The van der Waals surface area contributed by atoms with Crippen LogP contribution in [0.15, 0.2) is 24.3 Å². The zero-order valence-corrected chi connectivity index (χ0v) is 13.3. The third kappa shape index (κ3) is 6.82. The number of benzene rings is 1. The first-order valence-electron chi connectivity index (χ1n) is 7.82. The molecule has 2 N–H and O–H groups in total. The van der Waals surface area contributed by atoms with Crippen LogP contribution < -0.4 is 9.47 Å². The van der Waals surface area contributed by atoms with Crippen LogP contribution in [0.25, 0.3) is 0 Å². The second-order valence-corrected chi connectivity index (χ2v) is 5.44. The van der Waals surface area contributed by atoms with Gasteiger partial charge in [0.15, 0.2) is 6.29 Å². The molecule has 0 aromatic heterocycles. The Balaban J connectivity index is 2.43. The summed E-state index contributed by atoms with van der Waals surface area (Å²) in [5.74, 6) is 2.01. The molecule has 4 nitrogen and oxygen atoms in total. The minimum absolute atomic E-state index is 0.598. The first kappa shape index (κ1) is 17.8. The number of hydrogen-bond donors (Lipinski definition) is 2. The molecule has 0 heterocycles. The molecule has 1 rings (SSSR count). The average molecular weight is 296 g/mol. The predicted octanol–water partition coefficient (Wildman–Crippen LogP) is 3.36. The number of hydrogen-bond acceptors (Lipinski definition) is 4. The quantitative estimate of drug-likeness (QED) is 0.650. The summed E-state index contributed by atoms with van der Waals surface area (Å²) in [5, 5.41) is 18.0. The van der Waals surface area contributed by atoms with Crippen molar-refractivity contribution < 1.29 is 19.7 Å². The van der Waals surface area contributed by atoms with Crippen molar-refractivity contribution in [2.45, 2.75) is 58.8 Å². The molecular weight excluding hydrogens is 268 g/mol. The maximum absolute atomic E-state index is 8.99. The van der Waals surface area contributed by atoms with E-state index in [1.165, 1.54) is 19.3 Å². The van der Waals surface area contributed by atoms with E-state index in [4.69, 9.17) is 19.7 Å². The van der Waals surface area contributed by atoms with Gasteiger partial charge in [-0.2, -0.15) is 0 Å². The second-order valence-electron chi connectivity index (χ2n) is 5.44. The first-order chi connectivity index (χ1) is 10.1. The summed E-state index contributed by atoms with van der Waals surface area (Å²) in [5.41, 5.74) is 0. The van der Waals surface area contributed by atoms with Gasteiger partial charge < -0.3 is 19.7 Å². The fourth-order valence-corrected chi connectivity index (χ4v) is 2.00. The summed E-state index contributed by atoms with van der Waals surface area (Å²) >= 11 is 0. The number of rotatable bonds is 10. The normalized spacial score (nSPS) is 14.0. The van der Waals surface area contributed by atoms with Gasteiger partial charge in [-0.1, -0.05) is 33.1 Å². The Morgan fingerprint density at radius 3 is 2.19 bits per heavy atom. The van der Waals surface area contributed by atoms with E-state index in [9.17, 15) is 0 Å². The Labute approximate surface area is 127 Å². The van der Waals surface area contributed by atoms with Gasteiger partial charge in [-0.25, -0.2) is 0 Å². The molecule has 1 aromatic carbocycles. The Morgan fingerprint density at radius 2 is 1.67 bits per heavy atom. The minimum atomic E-state index is -1.48. The Kier molecular flexibility index (Phi) is 8.16. The van der Waals surface area contributed by atoms with Gasteiger partial charge in [0.1, 0.15) is 17.6 Å². The molecular formula is C17H28O4. The topological polar surface area (TPSA) is 58.9 Å². The number of aliphatic hydroxyl groups excluding tert-OH is 1. The molecule has 0 amide bonds. The van der Waals surface area contributed by atoms with E-state index in [1.807, 2.05) is 12.1 Å². The zero-order chi connectivity index (χ0) is 15.7. The van der Waals surface area contributed by atoms with Crippen LogP contribution in [0, 0.1) is 5.92 Å². The highest BCUT2D eigenvalue weighted by atomic mass is 16.6. The molecule has 0 saturated carbocycles. The summed E-state index contributed by atoms with van der Waals surface area (Å²) in [6, 6.07) is 7.25. The van der Waals surface area contributed by atoms with Gasteiger partial charge in [-0.3, -0.25) is 0 Å². The molecule has 1 aromatic rings. The Hall–Kier alpha value is -1.26. The highest BCUT2D eigenvalue weighted by Crippen LogP contribution is 2.21. The minimum Gasteiger partial charge on any atom is -0.493 e. The lowest BCUT2D eigenvalue weighted by Gasteiger charge is -2.17. The molecule has 4 heteroatoms. The summed E-state index contributed by atoms with van der Waals surface area (Å²) in [6.07, 6.45) is 2.67. The fourth-order valence-electron chi connectivity index (χ4n) is 2.00. The van der Waals surface area contributed by atoms with E-state index >= 15 is 0 Å². The molecule has 0 saturated heterocycles. The standard InChI is InChI=1S/C17H28O4/c1-4-6-7-14(5-2)12-20-15-8-10-16(11-9-15)21-13(3)17(18)19/h8-11,13-14,17-19H,4-7,12H2,1-3H3. The van der Waals surface area contributed by atoms with E-state index in [0.29, 0.717) is 11.7 Å². The van der Waals surface area contributed by atoms with Crippen molar-refractivity contribution in [1.29, 1.82) is 0 Å². The van der Waals surface area contributed by atoms with Crippen LogP contribution in [0.2, 0.25) is 0 Å². The van der Waals surface area contributed by atoms with Crippen LogP contribution in [0.1, 0.15) is 46.5 Å². The van der Waals surface area contributed by atoms with Gasteiger partial charge in [0.25, 0.3) is 0 Å². The molecule has 120 valence electrons. The Morgan fingerprint density at radius 1 is 1.05 bits per heavy atom. The predicted molar refractivity (Wildman–Crippen MR) is 83.6 cm³/mol. The van der Waals surface area contributed by atoms with Crippen LogP contribution in [0.5, 0.6) is 11.5 Å². The molecule has 0 aliphatic heterocycles. The monoisotopic (exact) mass is 296 g/mol. The van der Waals surface area contributed by atoms with Crippen molar-refractivity contribution >= 4 is 0 Å². The number of ether oxygens (including phenoxy) is 2. The molecule has 0 aliphatic carbocycles. The van der Waals surface area contributed by atoms with Gasteiger partial charge in [0.05, 0.1) is 6.61 Å². The van der Waals surface area contributed by atoms with Crippen molar-refractivity contribution in [3.8, 4) is 11.5 Å². The molecule has 2 unspecified atom stereocenters. The number of unbranched alkanes of at least 4 members (excludes halogenated alkanes) is 1. The fraction of sp³-hybridized carbons (Fsp3) is 0.647. The summed E-state index contributed by atoms with van der Waals surface area (Å²) in [4.78, 5) is 0. The van der Waals surface area contributed by atoms with Crippen LogP contribution >= 0.6 is 0 Å². The molecule has 21 heavy (non-hydrogen) atoms. The van der Waals surface area contributed by atoms with E-state index in [1.54, 1.807) is 19.1 Å². The van der Waals surface area contributed by atoms with Gasteiger partial charge in [-0.05, 0) is 43.5 Å². The van der Waals surface area contributed by atoms with Gasteiger partial charge in [0.2, 0.25) is 0 Å². The Bertz CT molecular complexity index is 375. The van der Waals surface area contributed by atoms with Crippen LogP contribution in [0.3, 0.4) is 0 Å². The van der Waals surface area contributed by atoms with Crippen molar-refractivity contribution in [3.05, 3.63) is 24.3 Å². The third-order valence-corrected chi connectivity index (χ3v) is 3.59. The first-order valence-corrected chi connectivity index (χ1v) is 7.82. The van der Waals surface area contributed by atoms with E-state index < -0.39 is 12.4 Å². The smallest absolute Gasteiger partial charge is 0.189 e. The highest BCUT2D eigenvalue weighted by Gasteiger charge is 2.12. The summed E-state index contributed by atoms with van der Waals surface area (Å²) in [7, 11) is 0. The van der Waals surface area contributed by atoms with Crippen LogP contribution in [0.4, 0.5) is 0 Å².